The third kappa shape index (κ3) is 3.32. The number of aromatic nitrogens is 2. The third-order valence-electron chi connectivity index (χ3n) is 5.79. The highest BCUT2D eigenvalue weighted by Gasteiger charge is 2.24. The minimum absolute atomic E-state index is 0.173. The van der Waals surface area contributed by atoms with Crippen molar-refractivity contribution in [3.8, 4) is 0 Å². The molecule has 4 aromatic rings. The molecule has 152 valence electrons. The Labute approximate surface area is 183 Å². The van der Waals surface area contributed by atoms with Gasteiger partial charge in [-0.15, -0.1) is 11.3 Å². The Hall–Kier alpha value is -2.63. The Balaban J connectivity index is 1.77. The summed E-state index contributed by atoms with van der Waals surface area (Å²) >= 11 is 8.00. The number of thiophene rings is 1. The Kier molecular flexibility index (Phi) is 5.09. The SMILES string of the molecule is O=c1c2c3c(sc2n(Cc2ccccc2Cl)c(=O)n1Cc1ccccc1)CCCC3. The fourth-order valence-corrected chi connectivity index (χ4v) is 5.83. The van der Waals surface area contributed by atoms with Crippen molar-refractivity contribution >= 4 is 33.2 Å². The van der Waals surface area contributed by atoms with Crippen molar-refractivity contribution in [2.45, 2.75) is 38.8 Å². The lowest BCUT2D eigenvalue weighted by Gasteiger charge is -2.14. The van der Waals surface area contributed by atoms with Crippen LogP contribution in [0.2, 0.25) is 5.02 Å². The predicted octanol–water partition coefficient (Wildman–Crippen LogP) is 4.85. The first-order valence-corrected chi connectivity index (χ1v) is 11.4. The van der Waals surface area contributed by atoms with Crippen molar-refractivity contribution in [3.05, 3.63) is 102 Å². The number of hydrogen-bond acceptors (Lipinski definition) is 3. The summed E-state index contributed by atoms with van der Waals surface area (Å²) in [5.74, 6) is 0. The molecule has 30 heavy (non-hydrogen) atoms. The summed E-state index contributed by atoms with van der Waals surface area (Å²) in [6.07, 6.45) is 4.10. The number of nitrogens with zero attached hydrogens (tertiary/aromatic N) is 2. The predicted molar refractivity (Wildman–Crippen MR) is 123 cm³/mol. The molecule has 5 rings (SSSR count). The Morgan fingerprint density at radius 2 is 1.60 bits per heavy atom. The van der Waals surface area contributed by atoms with Gasteiger partial charge in [-0.3, -0.25) is 13.9 Å². The number of rotatable bonds is 4. The maximum atomic E-state index is 13.5. The monoisotopic (exact) mass is 436 g/mol. The maximum Gasteiger partial charge on any atom is 0.332 e. The molecule has 0 amide bonds. The van der Waals surface area contributed by atoms with E-state index in [4.69, 9.17) is 11.6 Å². The van der Waals surface area contributed by atoms with Crippen LogP contribution in [-0.4, -0.2) is 9.13 Å². The molecule has 2 aromatic heterocycles. The van der Waals surface area contributed by atoms with Crippen molar-refractivity contribution in [2.24, 2.45) is 0 Å². The molecule has 0 spiro atoms. The van der Waals surface area contributed by atoms with E-state index in [9.17, 15) is 9.59 Å². The van der Waals surface area contributed by atoms with Crippen molar-refractivity contribution in [1.82, 2.24) is 9.13 Å². The summed E-state index contributed by atoms with van der Waals surface area (Å²) in [5, 5.41) is 1.34. The fourth-order valence-electron chi connectivity index (χ4n) is 4.26. The van der Waals surface area contributed by atoms with E-state index in [0.717, 1.165) is 52.6 Å². The smallest absolute Gasteiger partial charge is 0.280 e. The van der Waals surface area contributed by atoms with Crippen LogP contribution in [0.15, 0.2) is 64.2 Å². The lowest BCUT2D eigenvalue weighted by molar-refractivity contribution is 0.636. The normalized spacial score (nSPS) is 13.5. The van der Waals surface area contributed by atoms with Crippen LogP contribution < -0.4 is 11.2 Å². The van der Waals surface area contributed by atoms with Crippen molar-refractivity contribution < 1.29 is 0 Å². The lowest BCUT2D eigenvalue weighted by Crippen LogP contribution is -2.40. The molecule has 0 radical (unpaired) electrons. The highest BCUT2D eigenvalue weighted by molar-refractivity contribution is 7.18. The Bertz CT molecular complexity index is 1350. The van der Waals surface area contributed by atoms with E-state index in [-0.39, 0.29) is 17.8 Å². The molecule has 1 aliphatic carbocycles. The second kappa shape index (κ2) is 7.89. The largest absolute Gasteiger partial charge is 0.332 e. The minimum atomic E-state index is -0.283. The summed E-state index contributed by atoms with van der Waals surface area (Å²) in [7, 11) is 0. The lowest BCUT2D eigenvalue weighted by atomic mass is 9.97. The first-order valence-electron chi connectivity index (χ1n) is 10.2. The van der Waals surface area contributed by atoms with Gasteiger partial charge in [-0.2, -0.15) is 0 Å². The molecule has 2 aromatic carbocycles. The molecule has 0 atom stereocenters. The van der Waals surface area contributed by atoms with Gasteiger partial charge in [0.1, 0.15) is 4.83 Å². The van der Waals surface area contributed by atoms with E-state index in [0.29, 0.717) is 11.6 Å². The molecule has 2 heterocycles. The highest BCUT2D eigenvalue weighted by Crippen LogP contribution is 2.34. The van der Waals surface area contributed by atoms with Gasteiger partial charge in [0.15, 0.2) is 0 Å². The molecule has 6 heteroatoms. The van der Waals surface area contributed by atoms with Gasteiger partial charge in [-0.1, -0.05) is 60.1 Å². The van der Waals surface area contributed by atoms with Crippen molar-refractivity contribution in [1.29, 1.82) is 0 Å². The van der Waals surface area contributed by atoms with Crippen LogP contribution in [0.4, 0.5) is 0 Å². The van der Waals surface area contributed by atoms with Gasteiger partial charge in [0.2, 0.25) is 0 Å². The first-order chi connectivity index (χ1) is 14.6. The molecule has 0 N–H and O–H groups in total. The van der Waals surface area contributed by atoms with Crippen LogP contribution in [0.25, 0.3) is 10.2 Å². The zero-order valence-electron chi connectivity index (χ0n) is 16.4. The minimum Gasteiger partial charge on any atom is -0.280 e. The highest BCUT2D eigenvalue weighted by atomic mass is 35.5. The van der Waals surface area contributed by atoms with E-state index < -0.39 is 0 Å². The zero-order chi connectivity index (χ0) is 20.7. The van der Waals surface area contributed by atoms with Gasteiger partial charge in [-0.25, -0.2) is 4.79 Å². The quantitative estimate of drug-likeness (QED) is 0.459. The Morgan fingerprint density at radius 1 is 0.867 bits per heavy atom. The van der Waals surface area contributed by atoms with Crippen molar-refractivity contribution in [3.63, 3.8) is 0 Å². The number of benzene rings is 2. The van der Waals surface area contributed by atoms with E-state index in [1.165, 1.54) is 9.44 Å². The van der Waals surface area contributed by atoms with Crippen LogP contribution in [-0.2, 0) is 25.9 Å². The summed E-state index contributed by atoms with van der Waals surface area (Å²) in [4.78, 5) is 29.0. The van der Waals surface area contributed by atoms with Gasteiger partial charge in [0.05, 0.1) is 18.5 Å². The summed E-state index contributed by atoms with van der Waals surface area (Å²) in [6, 6.07) is 17.2. The summed E-state index contributed by atoms with van der Waals surface area (Å²) in [6.45, 7) is 0.616. The molecular formula is C24H21ClN2O2S. The van der Waals surface area contributed by atoms with Gasteiger partial charge >= 0.3 is 5.69 Å². The zero-order valence-corrected chi connectivity index (χ0v) is 18.0. The average Bonchev–Trinajstić information content (AvgIpc) is 3.16. The molecule has 0 aliphatic heterocycles. The second-order valence-corrected chi connectivity index (χ2v) is 9.22. The standard InChI is InChI=1S/C24H21ClN2O2S/c25-19-12-6-4-10-17(19)15-27-23-21(18-11-5-7-13-20(18)30-23)22(28)26(24(27)29)14-16-8-2-1-3-9-16/h1-4,6,8-10,12H,5,7,11,13-15H2. The molecule has 0 unspecified atom stereocenters. The second-order valence-electron chi connectivity index (χ2n) is 7.73. The molecule has 4 nitrogen and oxygen atoms in total. The summed E-state index contributed by atoms with van der Waals surface area (Å²) in [5.41, 5.74) is 2.49. The van der Waals surface area contributed by atoms with Gasteiger partial charge in [0.25, 0.3) is 5.56 Å². The molecule has 0 fully saturated rings. The number of fused-ring (bicyclic) bond motifs is 3. The van der Waals surface area contributed by atoms with Crippen LogP contribution in [0.3, 0.4) is 0 Å². The van der Waals surface area contributed by atoms with E-state index in [1.54, 1.807) is 15.9 Å². The number of aryl methyl sites for hydroxylation is 2. The van der Waals surface area contributed by atoms with E-state index >= 15 is 0 Å². The molecule has 0 bridgehead atoms. The van der Waals surface area contributed by atoms with Crippen LogP contribution in [0, 0.1) is 0 Å². The van der Waals surface area contributed by atoms with Crippen LogP contribution in [0.5, 0.6) is 0 Å². The summed E-state index contributed by atoms with van der Waals surface area (Å²) < 4.78 is 3.12. The number of hydrogen-bond donors (Lipinski definition) is 0. The molecular weight excluding hydrogens is 416 g/mol. The molecule has 1 aliphatic rings. The third-order valence-corrected chi connectivity index (χ3v) is 7.47. The average molecular weight is 437 g/mol. The number of halogens is 1. The molecule has 0 saturated heterocycles. The van der Waals surface area contributed by atoms with E-state index in [2.05, 4.69) is 0 Å². The first kappa shape index (κ1) is 19.3. The van der Waals surface area contributed by atoms with Crippen molar-refractivity contribution in [2.75, 3.05) is 0 Å². The van der Waals surface area contributed by atoms with Gasteiger partial charge in [0, 0.05) is 9.90 Å². The molecule has 0 saturated carbocycles. The van der Waals surface area contributed by atoms with Crippen LogP contribution in [0.1, 0.15) is 34.4 Å². The fraction of sp³-hybridized carbons (Fsp3) is 0.250. The topological polar surface area (TPSA) is 44.0 Å². The van der Waals surface area contributed by atoms with Crippen LogP contribution >= 0.6 is 22.9 Å². The van der Waals surface area contributed by atoms with E-state index in [1.807, 2.05) is 54.6 Å². The van der Waals surface area contributed by atoms with Gasteiger partial charge < -0.3 is 0 Å². The Morgan fingerprint density at radius 3 is 2.40 bits per heavy atom. The maximum absolute atomic E-state index is 13.5. The van der Waals surface area contributed by atoms with Gasteiger partial charge in [-0.05, 0) is 48.4 Å².